The lowest BCUT2D eigenvalue weighted by atomic mass is 9.99. The number of hydrogen-bond acceptors (Lipinski definition) is 4. The SMILES string of the molecule is CN1CCCc2cc(CNCCN3CCOCC3)ccc21. The van der Waals surface area contributed by atoms with E-state index < -0.39 is 0 Å². The number of morpholine rings is 1. The second-order valence-corrected chi connectivity index (χ2v) is 6.12. The molecule has 0 aliphatic carbocycles. The van der Waals surface area contributed by atoms with E-state index in [0.717, 1.165) is 45.9 Å². The lowest BCUT2D eigenvalue weighted by Crippen LogP contribution is -2.40. The number of ether oxygens (including phenoxy) is 1. The Kier molecular flexibility index (Phi) is 5.12. The van der Waals surface area contributed by atoms with Crippen LogP contribution in [0.5, 0.6) is 0 Å². The van der Waals surface area contributed by atoms with E-state index in [-0.39, 0.29) is 0 Å². The molecule has 0 amide bonds. The molecule has 21 heavy (non-hydrogen) atoms. The van der Waals surface area contributed by atoms with Crippen molar-refractivity contribution in [3.05, 3.63) is 29.3 Å². The summed E-state index contributed by atoms with van der Waals surface area (Å²) in [5.74, 6) is 0. The molecular formula is C17H27N3O. The molecule has 0 aromatic heterocycles. The van der Waals surface area contributed by atoms with Gasteiger partial charge in [0.25, 0.3) is 0 Å². The average molecular weight is 289 g/mol. The maximum absolute atomic E-state index is 5.37. The summed E-state index contributed by atoms with van der Waals surface area (Å²) in [7, 11) is 2.19. The van der Waals surface area contributed by atoms with Crippen LogP contribution in [0.15, 0.2) is 18.2 Å². The highest BCUT2D eigenvalue weighted by Crippen LogP contribution is 2.26. The van der Waals surface area contributed by atoms with Gasteiger partial charge in [-0.2, -0.15) is 0 Å². The summed E-state index contributed by atoms with van der Waals surface area (Å²) in [6.07, 6.45) is 2.50. The third kappa shape index (κ3) is 3.96. The van der Waals surface area contributed by atoms with Crippen LogP contribution in [0.3, 0.4) is 0 Å². The normalized spacial score (nSPS) is 19.6. The number of hydrogen-bond donors (Lipinski definition) is 1. The van der Waals surface area contributed by atoms with Crippen molar-refractivity contribution in [2.45, 2.75) is 19.4 Å². The third-order valence-electron chi connectivity index (χ3n) is 4.53. The number of benzene rings is 1. The van der Waals surface area contributed by atoms with Crippen molar-refractivity contribution in [2.24, 2.45) is 0 Å². The first-order valence-corrected chi connectivity index (χ1v) is 8.17. The summed E-state index contributed by atoms with van der Waals surface area (Å²) in [6, 6.07) is 6.93. The van der Waals surface area contributed by atoms with Crippen molar-refractivity contribution in [1.82, 2.24) is 10.2 Å². The molecule has 2 heterocycles. The van der Waals surface area contributed by atoms with Crippen molar-refractivity contribution < 1.29 is 4.74 Å². The van der Waals surface area contributed by atoms with Gasteiger partial charge >= 0.3 is 0 Å². The van der Waals surface area contributed by atoms with Crippen LogP contribution in [0, 0.1) is 0 Å². The molecule has 0 unspecified atom stereocenters. The number of fused-ring (bicyclic) bond motifs is 1. The molecule has 2 aliphatic heterocycles. The molecule has 4 nitrogen and oxygen atoms in total. The van der Waals surface area contributed by atoms with Crippen molar-refractivity contribution in [1.29, 1.82) is 0 Å². The summed E-state index contributed by atoms with van der Waals surface area (Å²) >= 11 is 0. The van der Waals surface area contributed by atoms with E-state index >= 15 is 0 Å². The molecule has 0 bridgehead atoms. The predicted molar refractivity (Wildman–Crippen MR) is 87.0 cm³/mol. The number of aryl methyl sites for hydroxylation is 1. The van der Waals surface area contributed by atoms with Gasteiger partial charge in [-0.1, -0.05) is 12.1 Å². The topological polar surface area (TPSA) is 27.7 Å². The second-order valence-electron chi connectivity index (χ2n) is 6.12. The number of anilines is 1. The van der Waals surface area contributed by atoms with E-state index in [1.165, 1.54) is 36.2 Å². The molecule has 1 aromatic rings. The molecule has 116 valence electrons. The zero-order chi connectivity index (χ0) is 14.5. The van der Waals surface area contributed by atoms with Crippen LogP contribution in [0.2, 0.25) is 0 Å². The first-order chi connectivity index (χ1) is 10.3. The average Bonchev–Trinajstić information content (AvgIpc) is 2.53. The largest absolute Gasteiger partial charge is 0.379 e. The monoisotopic (exact) mass is 289 g/mol. The Morgan fingerprint density at radius 2 is 2.05 bits per heavy atom. The van der Waals surface area contributed by atoms with Crippen LogP contribution < -0.4 is 10.2 Å². The van der Waals surface area contributed by atoms with E-state index in [9.17, 15) is 0 Å². The fourth-order valence-corrected chi connectivity index (χ4v) is 3.24. The lowest BCUT2D eigenvalue weighted by molar-refractivity contribution is 0.0384. The van der Waals surface area contributed by atoms with Gasteiger partial charge in [-0.05, 0) is 30.0 Å². The molecule has 1 fully saturated rings. The van der Waals surface area contributed by atoms with Gasteiger partial charge in [0.1, 0.15) is 0 Å². The predicted octanol–water partition coefficient (Wildman–Crippen LogP) is 1.49. The van der Waals surface area contributed by atoms with Crippen LogP contribution >= 0.6 is 0 Å². The Bertz CT molecular complexity index is 457. The molecule has 3 rings (SSSR count). The summed E-state index contributed by atoms with van der Waals surface area (Å²) in [5.41, 5.74) is 4.33. The molecule has 1 aromatic carbocycles. The van der Waals surface area contributed by atoms with Crippen LogP contribution in [0.1, 0.15) is 17.5 Å². The Balaban J connectivity index is 1.45. The summed E-state index contributed by atoms with van der Waals surface area (Å²) < 4.78 is 5.37. The number of nitrogens with zero attached hydrogens (tertiary/aromatic N) is 2. The minimum atomic E-state index is 0.887. The van der Waals surface area contributed by atoms with Crippen molar-refractivity contribution in [3.8, 4) is 0 Å². The van der Waals surface area contributed by atoms with Gasteiger partial charge in [-0.25, -0.2) is 0 Å². The van der Waals surface area contributed by atoms with Gasteiger partial charge < -0.3 is 15.0 Å². The zero-order valence-corrected chi connectivity index (χ0v) is 13.1. The van der Waals surface area contributed by atoms with Gasteiger partial charge in [0.15, 0.2) is 0 Å². The molecule has 2 aliphatic rings. The van der Waals surface area contributed by atoms with E-state index in [4.69, 9.17) is 4.74 Å². The highest BCUT2D eigenvalue weighted by Gasteiger charge is 2.13. The van der Waals surface area contributed by atoms with Gasteiger partial charge in [0, 0.05) is 52.0 Å². The van der Waals surface area contributed by atoms with E-state index in [0.29, 0.717) is 0 Å². The first kappa shape index (κ1) is 14.8. The first-order valence-electron chi connectivity index (χ1n) is 8.17. The third-order valence-corrected chi connectivity index (χ3v) is 4.53. The van der Waals surface area contributed by atoms with Gasteiger partial charge in [0.05, 0.1) is 13.2 Å². The zero-order valence-electron chi connectivity index (χ0n) is 13.1. The minimum Gasteiger partial charge on any atom is -0.379 e. The van der Waals surface area contributed by atoms with Crippen molar-refractivity contribution in [2.75, 3.05) is 57.9 Å². The van der Waals surface area contributed by atoms with Gasteiger partial charge in [0.2, 0.25) is 0 Å². The van der Waals surface area contributed by atoms with E-state index in [1.807, 2.05) is 0 Å². The van der Waals surface area contributed by atoms with Crippen molar-refractivity contribution >= 4 is 5.69 Å². The van der Waals surface area contributed by atoms with E-state index in [1.54, 1.807) is 0 Å². The van der Waals surface area contributed by atoms with Crippen LogP contribution in [-0.4, -0.2) is 57.9 Å². The van der Waals surface area contributed by atoms with Gasteiger partial charge in [-0.3, -0.25) is 4.90 Å². The van der Waals surface area contributed by atoms with Crippen LogP contribution in [-0.2, 0) is 17.7 Å². The fraction of sp³-hybridized carbons (Fsp3) is 0.647. The fourth-order valence-electron chi connectivity index (χ4n) is 3.24. The maximum Gasteiger partial charge on any atom is 0.0594 e. The van der Waals surface area contributed by atoms with Gasteiger partial charge in [-0.15, -0.1) is 0 Å². The molecule has 1 N–H and O–H groups in total. The molecule has 0 radical (unpaired) electrons. The number of nitrogens with one attached hydrogen (secondary N) is 1. The molecule has 0 saturated carbocycles. The van der Waals surface area contributed by atoms with Crippen LogP contribution in [0.4, 0.5) is 5.69 Å². The smallest absolute Gasteiger partial charge is 0.0594 e. The maximum atomic E-state index is 5.37. The Morgan fingerprint density at radius 1 is 1.19 bits per heavy atom. The minimum absolute atomic E-state index is 0.887. The highest BCUT2D eigenvalue weighted by molar-refractivity contribution is 5.56. The van der Waals surface area contributed by atoms with E-state index in [2.05, 4.69) is 40.4 Å². The van der Waals surface area contributed by atoms with Crippen molar-refractivity contribution in [3.63, 3.8) is 0 Å². The second kappa shape index (κ2) is 7.25. The molecule has 0 atom stereocenters. The Labute approximate surface area is 128 Å². The summed E-state index contributed by atoms with van der Waals surface area (Å²) in [6.45, 7) is 8.26. The standard InChI is InChI=1S/C17H27N3O/c1-19-7-2-3-16-13-15(4-5-17(16)19)14-18-6-8-20-9-11-21-12-10-20/h4-5,13,18H,2-3,6-12,14H2,1H3. The molecule has 4 heteroatoms. The molecular weight excluding hydrogens is 262 g/mol. The molecule has 1 saturated heterocycles. The Morgan fingerprint density at radius 3 is 2.90 bits per heavy atom. The Hall–Kier alpha value is -1.10. The quantitative estimate of drug-likeness (QED) is 0.831. The summed E-state index contributed by atoms with van der Waals surface area (Å²) in [5, 5.41) is 3.57. The van der Waals surface area contributed by atoms with Crippen LogP contribution in [0.25, 0.3) is 0 Å². The lowest BCUT2D eigenvalue weighted by Gasteiger charge is -2.28. The number of rotatable bonds is 5. The highest BCUT2D eigenvalue weighted by atomic mass is 16.5. The summed E-state index contributed by atoms with van der Waals surface area (Å²) in [4.78, 5) is 4.84. The molecule has 0 spiro atoms.